The molecule has 5 heteroatoms. The van der Waals surface area contributed by atoms with Gasteiger partial charge in [-0.3, -0.25) is 0 Å². The van der Waals surface area contributed by atoms with Gasteiger partial charge in [0.15, 0.2) is 0 Å². The summed E-state index contributed by atoms with van der Waals surface area (Å²) in [5.41, 5.74) is -1.04. The van der Waals surface area contributed by atoms with E-state index in [9.17, 15) is 5.11 Å². The molecule has 3 N–H and O–H groups in total. The maximum absolute atomic E-state index is 9.48. The fraction of sp³-hybridized carbons (Fsp3) is 0.667. The van der Waals surface area contributed by atoms with E-state index in [2.05, 4.69) is 10.3 Å². The predicted molar refractivity (Wildman–Crippen MR) is 56.3 cm³/mol. The molecule has 80 valence electrons. The Kier molecular flexibility index (Phi) is 4.00. The highest BCUT2D eigenvalue weighted by Gasteiger charge is 2.17. The van der Waals surface area contributed by atoms with Gasteiger partial charge in [-0.1, -0.05) is 0 Å². The van der Waals surface area contributed by atoms with Crippen LogP contribution in [0.1, 0.15) is 16.8 Å². The normalized spacial score (nSPS) is 15.4. The minimum Gasteiger partial charge on any atom is -0.393 e. The monoisotopic (exact) mass is 216 g/mol. The first-order valence-corrected chi connectivity index (χ1v) is 5.30. The van der Waals surface area contributed by atoms with Crippen molar-refractivity contribution in [1.29, 1.82) is 0 Å². The molecule has 0 aliphatic rings. The lowest BCUT2D eigenvalue weighted by Crippen LogP contribution is -2.40. The summed E-state index contributed by atoms with van der Waals surface area (Å²) in [6.45, 7) is 4.37. The van der Waals surface area contributed by atoms with Gasteiger partial charge in [0.1, 0.15) is 0 Å². The molecule has 0 amide bonds. The van der Waals surface area contributed by atoms with E-state index >= 15 is 0 Å². The van der Waals surface area contributed by atoms with Crippen LogP contribution in [-0.2, 0) is 6.54 Å². The second kappa shape index (κ2) is 4.84. The molecule has 1 unspecified atom stereocenters. The van der Waals surface area contributed by atoms with E-state index in [0.29, 0.717) is 13.1 Å². The Morgan fingerprint density at radius 3 is 2.86 bits per heavy atom. The number of nitrogens with zero attached hydrogens (tertiary/aromatic N) is 1. The van der Waals surface area contributed by atoms with E-state index < -0.39 is 5.60 Å². The van der Waals surface area contributed by atoms with E-state index in [-0.39, 0.29) is 6.61 Å². The van der Waals surface area contributed by atoms with Crippen molar-refractivity contribution in [2.45, 2.75) is 26.0 Å². The third-order valence-corrected chi connectivity index (χ3v) is 2.73. The lowest BCUT2D eigenvalue weighted by Gasteiger charge is -2.20. The molecule has 14 heavy (non-hydrogen) atoms. The van der Waals surface area contributed by atoms with Gasteiger partial charge in [-0.2, -0.15) is 0 Å². The fourth-order valence-corrected chi connectivity index (χ4v) is 1.76. The molecule has 0 saturated carbocycles. The maximum Gasteiger partial charge on any atom is 0.0972 e. The number of nitrogens with one attached hydrogen (secondary N) is 1. The third kappa shape index (κ3) is 3.71. The van der Waals surface area contributed by atoms with Crippen LogP contribution in [0.15, 0.2) is 6.20 Å². The molecule has 0 aliphatic carbocycles. The largest absolute Gasteiger partial charge is 0.393 e. The average molecular weight is 216 g/mol. The van der Waals surface area contributed by atoms with Gasteiger partial charge in [-0.25, -0.2) is 4.98 Å². The van der Waals surface area contributed by atoms with Crippen LogP contribution in [0.4, 0.5) is 0 Å². The van der Waals surface area contributed by atoms with Gasteiger partial charge >= 0.3 is 0 Å². The average Bonchev–Trinajstić information content (AvgIpc) is 2.51. The van der Waals surface area contributed by atoms with Crippen LogP contribution in [0.5, 0.6) is 0 Å². The number of hydrogen-bond acceptors (Lipinski definition) is 5. The molecule has 1 aromatic heterocycles. The van der Waals surface area contributed by atoms with Crippen LogP contribution >= 0.6 is 11.3 Å². The Balaban J connectivity index is 2.28. The maximum atomic E-state index is 9.48. The van der Waals surface area contributed by atoms with Crippen molar-refractivity contribution in [2.24, 2.45) is 0 Å². The second-order valence-corrected chi connectivity index (χ2v) is 4.92. The summed E-state index contributed by atoms with van der Waals surface area (Å²) >= 11 is 1.63. The molecule has 1 atom stereocenters. The van der Waals surface area contributed by atoms with Crippen LogP contribution in [0.2, 0.25) is 0 Å². The van der Waals surface area contributed by atoms with Crippen LogP contribution in [0, 0.1) is 6.92 Å². The quantitative estimate of drug-likeness (QED) is 0.661. The Morgan fingerprint density at radius 2 is 2.36 bits per heavy atom. The second-order valence-electron chi connectivity index (χ2n) is 3.60. The van der Waals surface area contributed by atoms with Gasteiger partial charge in [-0.05, 0) is 13.8 Å². The van der Waals surface area contributed by atoms with E-state index in [1.54, 1.807) is 18.3 Å². The first-order chi connectivity index (χ1) is 6.53. The number of aryl methyl sites for hydroxylation is 1. The summed E-state index contributed by atoms with van der Waals surface area (Å²) in [5, 5.41) is 22.4. The van der Waals surface area contributed by atoms with Crippen molar-refractivity contribution in [2.75, 3.05) is 13.2 Å². The minimum atomic E-state index is -1.04. The number of aromatic nitrogens is 1. The first kappa shape index (κ1) is 11.6. The number of thiazole rings is 1. The summed E-state index contributed by atoms with van der Waals surface area (Å²) in [4.78, 5) is 5.25. The van der Waals surface area contributed by atoms with Crippen LogP contribution in [0.25, 0.3) is 0 Å². The topological polar surface area (TPSA) is 65.4 Å². The molecule has 0 spiro atoms. The van der Waals surface area contributed by atoms with Crippen molar-refractivity contribution in [3.05, 3.63) is 16.1 Å². The summed E-state index contributed by atoms with van der Waals surface area (Å²) in [5.74, 6) is 0. The molecule has 1 rings (SSSR count). The third-order valence-electron chi connectivity index (χ3n) is 1.81. The Bertz CT molecular complexity index is 286. The zero-order valence-electron chi connectivity index (χ0n) is 8.45. The van der Waals surface area contributed by atoms with Crippen molar-refractivity contribution in [3.63, 3.8) is 0 Å². The highest BCUT2D eigenvalue weighted by atomic mass is 32.1. The zero-order chi connectivity index (χ0) is 10.6. The molecule has 0 saturated heterocycles. The van der Waals surface area contributed by atoms with Crippen molar-refractivity contribution in [1.82, 2.24) is 10.3 Å². The van der Waals surface area contributed by atoms with Gasteiger partial charge in [-0.15, -0.1) is 11.3 Å². The molecule has 0 aromatic carbocycles. The molecular formula is C9H16N2O2S. The Morgan fingerprint density at radius 1 is 1.64 bits per heavy atom. The van der Waals surface area contributed by atoms with Crippen molar-refractivity contribution in [3.8, 4) is 0 Å². The minimum absolute atomic E-state index is 0.234. The van der Waals surface area contributed by atoms with Crippen molar-refractivity contribution >= 4 is 11.3 Å². The van der Waals surface area contributed by atoms with Crippen LogP contribution in [0.3, 0.4) is 0 Å². The molecule has 1 heterocycles. The van der Waals surface area contributed by atoms with Gasteiger partial charge < -0.3 is 15.5 Å². The highest BCUT2D eigenvalue weighted by molar-refractivity contribution is 7.11. The summed E-state index contributed by atoms with van der Waals surface area (Å²) in [6.07, 6.45) is 1.82. The predicted octanol–water partition coefficient (Wildman–Crippen LogP) is 0.284. The Labute approximate surface area is 87.6 Å². The number of rotatable bonds is 5. The number of hydrogen-bond donors (Lipinski definition) is 3. The van der Waals surface area contributed by atoms with E-state index in [1.807, 2.05) is 13.1 Å². The molecular weight excluding hydrogens is 200 g/mol. The standard InChI is InChI=1S/C9H16N2O2S/c1-7-11-4-8(14-7)3-10-5-9(2,13)6-12/h4,10,12-13H,3,5-6H2,1-2H3. The molecule has 0 radical (unpaired) electrons. The van der Waals surface area contributed by atoms with Crippen LogP contribution < -0.4 is 5.32 Å². The lowest BCUT2D eigenvalue weighted by molar-refractivity contribution is 0.00258. The van der Waals surface area contributed by atoms with E-state index in [0.717, 1.165) is 9.88 Å². The van der Waals surface area contributed by atoms with Gasteiger partial charge in [0.2, 0.25) is 0 Å². The fourth-order valence-electron chi connectivity index (χ4n) is 0.998. The van der Waals surface area contributed by atoms with Gasteiger partial charge in [0.05, 0.1) is 17.2 Å². The SMILES string of the molecule is Cc1ncc(CNCC(C)(O)CO)s1. The zero-order valence-corrected chi connectivity index (χ0v) is 9.27. The van der Waals surface area contributed by atoms with Crippen LogP contribution in [-0.4, -0.2) is 33.9 Å². The first-order valence-electron chi connectivity index (χ1n) is 4.49. The summed E-state index contributed by atoms with van der Waals surface area (Å²) in [6, 6.07) is 0. The molecule has 1 aromatic rings. The van der Waals surface area contributed by atoms with E-state index in [4.69, 9.17) is 5.11 Å². The number of aliphatic hydroxyl groups is 2. The van der Waals surface area contributed by atoms with Gasteiger partial charge in [0, 0.05) is 24.2 Å². The Hall–Kier alpha value is -0.490. The van der Waals surface area contributed by atoms with Gasteiger partial charge in [0.25, 0.3) is 0 Å². The molecule has 4 nitrogen and oxygen atoms in total. The highest BCUT2D eigenvalue weighted by Crippen LogP contribution is 2.11. The summed E-state index contributed by atoms with van der Waals surface area (Å²) < 4.78 is 0. The van der Waals surface area contributed by atoms with E-state index in [1.165, 1.54) is 0 Å². The smallest absolute Gasteiger partial charge is 0.0972 e. The molecule has 0 fully saturated rings. The lowest BCUT2D eigenvalue weighted by atomic mass is 10.1. The summed E-state index contributed by atoms with van der Waals surface area (Å²) in [7, 11) is 0. The molecule has 0 aliphatic heterocycles. The van der Waals surface area contributed by atoms with Crippen molar-refractivity contribution < 1.29 is 10.2 Å². The molecule has 0 bridgehead atoms. The number of aliphatic hydroxyl groups excluding tert-OH is 1.